The number of nitrogens with one attached hydrogen (secondary N) is 1. The molecule has 180 valence electrons. The smallest absolute Gasteiger partial charge is 0.167 e. The highest BCUT2D eigenvalue weighted by molar-refractivity contribution is 5.98. The fourth-order valence-corrected chi connectivity index (χ4v) is 6.25. The fraction of sp³-hybridized carbons (Fsp3) is 0.423. The molecule has 0 aliphatic carbocycles. The van der Waals surface area contributed by atoms with Crippen LogP contribution in [0.1, 0.15) is 19.3 Å². The normalized spacial score (nSPS) is 23.1. The van der Waals surface area contributed by atoms with Gasteiger partial charge in [-0.15, -0.1) is 0 Å². The van der Waals surface area contributed by atoms with Crippen LogP contribution in [0, 0.1) is 5.82 Å². The van der Waals surface area contributed by atoms with E-state index >= 15 is 0 Å². The Hall–Kier alpha value is -3.30. The van der Waals surface area contributed by atoms with Gasteiger partial charge in [0.05, 0.1) is 36.9 Å². The van der Waals surface area contributed by atoms with E-state index in [1.165, 1.54) is 39.0 Å². The Morgan fingerprint density at radius 3 is 2.74 bits per heavy atom. The third-order valence-corrected chi connectivity index (χ3v) is 8.05. The van der Waals surface area contributed by atoms with Crippen molar-refractivity contribution < 1.29 is 9.13 Å². The Bertz CT molecular complexity index is 1410. The summed E-state index contributed by atoms with van der Waals surface area (Å²) in [5, 5.41) is 9.02. The number of pyridine rings is 1. The Morgan fingerprint density at radius 2 is 1.97 bits per heavy atom. The molecule has 1 unspecified atom stereocenters. The largest absolute Gasteiger partial charge is 0.494 e. The van der Waals surface area contributed by atoms with Crippen molar-refractivity contribution in [2.24, 2.45) is 0 Å². The second-order valence-corrected chi connectivity index (χ2v) is 9.91. The maximum absolute atomic E-state index is 14.2. The minimum absolute atomic E-state index is 0.194. The highest BCUT2D eigenvalue weighted by Crippen LogP contribution is 2.34. The van der Waals surface area contributed by atoms with Crippen molar-refractivity contribution in [2.75, 3.05) is 38.2 Å². The van der Waals surface area contributed by atoms with Crippen LogP contribution in [0.25, 0.3) is 27.7 Å². The molecule has 0 spiro atoms. The van der Waals surface area contributed by atoms with E-state index in [0.717, 1.165) is 53.5 Å². The molecule has 0 radical (unpaired) electrons. The predicted molar refractivity (Wildman–Crippen MR) is 132 cm³/mol. The topological polar surface area (TPSA) is 70.8 Å². The molecular weight excluding hydrogens is 445 g/mol. The van der Waals surface area contributed by atoms with Crippen molar-refractivity contribution in [1.29, 1.82) is 0 Å². The number of halogens is 1. The molecule has 1 aromatic carbocycles. The van der Waals surface area contributed by atoms with Crippen LogP contribution in [-0.2, 0) is 0 Å². The average Bonchev–Trinajstić information content (AvgIpc) is 3.64. The molecule has 7 rings (SSSR count). The molecule has 3 aromatic heterocycles. The summed E-state index contributed by atoms with van der Waals surface area (Å²) >= 11 is 0. The third kappa shape index (κ3) is 3.44. The number of likely N-dealkylation sites (tertiary alicyclic amines) is 1. The van der Waals surface area contributed by atoms with Crippen molar-refractivity contribution >= 4 is 22.2 Å². The van der Waals surface area contributed by atoms with Gasteiger partial charge in [0.25, 0.3) is 0 Å². The lowest BCUT2D eigenvalue weighted by molar-refractivity contribution is 0.137. The number of rotatable bonds is 4. The van der Waals surface area contributed by atoms with Crippen molar-refractivity contribution in [3.8, 4) is 16.9 Å². The lowest BCUT2D eigenvalue weighted by Gasteiger charge is -2.41. The van der Waals surface area contributed by atoms with Gasteiger partial charge >= 0.3 is 0 Å². The van der Waals surface area contributed by atoms with Gasteiger partial charge < -0.3 is 15.0 Å². The molecule has 3 saturated heterocycles. The van der Waals surface area contributed by atoms with Crippen LogP contribution in [0.4, 0.5) is 10.1 Å². The zero-order valence-corrected chi connectivity index (χ0v) is 19.7. The molecule has 2 bridgehead atoms. The molecule has 1 N–H and O–H groups in total. The number of piperazine rings is 1. The summed E-state index contributed by atoms with van der Waals surface area (Å²) < 4.78 is 21.3. The second kappa shape index (κ2) is 8.13. The second-order valence-electron chi connectivity index (χ2n) is 9.91. The van der Waals surface area contributed by atoms with E-state index < -0.39 is 5.82 Å². The Morgan fingerprint density at radius 1 is 1.09 bits per heavy atom. The minimum Gasteiger partial charge on any atom is -0.494 e. The first-order valence-corrected chi connectivity index (χ1v) is 12.4. The summed E-state index contributed by atoms with van der Waals surface area (Å²) in [6.45, 7) is 4.43. The maximum Gasteiger partial charge on any atom is 0.167 e. The SMILES string of the molecule is COc1cc2c(-c3cnn4cc(N5CCC(N6CC7C[C@@H]6CN7)CC5)cnc34)ccnc2cc1F. The van der Waals surface area contributed by atoms with Gasteiger partial charge in [0, 0.05) is 67.5 Å². The standard InChI is InChI=1S/C26H28FN7O/c1-35-25-9-21-20(2-5-28-24(21)10-23(25)27)22-13-31-34-15-19(12-30-26(22)34)32-6-3-17(4-7-32)33-14-16-8-18(33)11-29-16/h2,5,9-10,12-13,15-18,29H,3-4,6-8,11,14H2,1H3/t16?,18-/m1/s1. The first-order valence-electron chi connectivity index (χ1n) is 12.4. The summed E-state index contributed by atoms with van der Waals surface area (Å²) in [7, 11) is 1.47. The van der Waals surface area contributed by atoms with Gasteiger partial charge in [-0.3, -0.25) is 9.88 Å². The Balaban J connectivity index is 1.15. The third-order valence-electron chi connectivity index (χ3n) is 8.05. The van der Waals surface area contributed by atoms with E-state index in [1.807, 2.05) is 23.0 Å². The number of piperidine rings is 1. The number of fused-ring (bicyclic) bond motifs is 4. The fourth-order valence-electron chi connectivity index (χ4n) is 6.25. The number of nitrogens with zero attached hydrogens (tertiary/aromatic N) is 6. The minimum atomic E-state index is -0.426. The van der Waals surface area contributed by atoms with E-state index in [2.05, 4.69) is 31.4 Å². The summed E-state index contributed by atoms with van der Waals surface area (Å²) in [6.07, 6.45) is 11.2. The molecule has 2 atom stereocenters. The van der Waals surface area contributed by atoms with Gasteiger partial charge in [-0.05, 0) is 37.0 Å². The number of hydrogen-bond acceptors (Lipinski definition) is 7. The number of ether oxygens (including phenoxy) is 1. The Labute approximate surface area is 202 Å². The molecule has 0 saturated carbocycles. The molecule has 4 aromatic rings. The number of hydrogen-bond donors (Lipinski definition) is 1. The number of methoxy groups -OCH3 is 1. The monoisotopic (exact) mass is 473 g/mol. The zero-order chi connectivity index (χ0) is 23.5. The van der Waals surface area contributed by atoms with Crippen LogP contribution in [0.2, 0.25) is 0 Å². The molecule has 9 heteroatoms. The zero-order valence-electron chi connectivity index (χ0n) is 19.7. The van der Waals surface area contributed by atoms with Crippen molar-refractivity contribution in [1.82, 2.24) is 29.8 Å². The molecule has 35 heavy (non-hydrogen) atoms. The molecule has 8 nitrogen and oxygen atoms in total. The van der Waals surface area contributed by atoms with E-state index in [1.54, 1.807) is 12.3 Å². The summed E-state index contributed by atoms with van der Waals surface area (Å²) in [5.41, 5.74) is 4.22. The maximum atomic E-state index is 14.2. The molecule has 6 heterocycles. The van der Waals surface area contributed by atoms with Gasteiger partial charge in [-0.1, -0.05) is 0 Å². The summed E-state index contributed by atoms with van der Waals surface area (Å²) in [5.74, 6) is -0.232. The van der Waals surface area contributed by atoms with Gasteiger partial charge in [0.1, 0.15) is 0 Å². The van der Waals surface area contributed by atoms with Crippen LogP contribution in [-0.4, -0.2) is 75.9 Å². The number of benzene rings is 1. The van der Waals surface area contributed by atoms with Gasteiger partial charge in [0.15, 0.2) is 17.2 Å². The highest BCUT2D eigenvalue weighted by Gasteiger charge is 2.41. The number of aromatic nitrogens is 4. The van der Waals surface area contributed by atoms with Gasteiger partial charge in [-0.2, -0.15) is 5.10 Å². The Kier molecular flexibility index (Phi) is 4.89. The molecular formula is C26H28FN7O. The average molecular weight is 474 g/mol. The number of anilines is 1. The molecule has 3 aliphatic rings. The first kappa shape index (κ1) is 21.0. The van der Waals surface area contributed by atoms with E-state index in [-0.39, 0.29) is 5.75 Å². The van der Waals surface area contributed by atoms with Crippen LogP contribution < -0.4 is 15.0 Å². The van der Waals surface area contributed by atoms with E-state index in [4.69, 9.17) is 9.72 Å². The molecule has 0 amide bonds. The quantitative estimate of drug-likeness (QED) is 0.488. The predicted octanol–water partition coefficient (Wildman–Crippen LogP) is 3.11. The lowest BCUT2D eigenvalue weighted by atomic mass is 10.0. The van der Waals surface area contributed by atoms with Crippen molar-refractivity contribution in [3.05, 3.63) is 48.8 Å². The lowest BCUT2D eigenvalue weighted by Crippen LogP contribution is -2.52. The van der Waals surface area contributed by atoms with Crippen molar-refractivity contribution in [2.45, 2.75) is 37.4 Å². The molecule has 3 fully saturated rings. The van der Waals surface area contributed by atoms with Gasteiger partial charge in [0.2, 0.25) is 0 Å². The summed E-state index contributed by atoms with van der Waals surface area (Å²) in [4.78, 5) is 14.3. The summed E-state index contributed by atoms with van der Waals surface area (Å²) in [6, 6.07) is 7.14. The van der Waals surface area contributed by atoms with Crippen LogP contribution >= 0.6 is 0 Å². The van der Waals surface area contributed by atoms with E-state index in [9.17, 15) is 4.39 Å². The molecule has 3 aliphatic heterocycles. The van der Waals surface area contributed by atoms with Crippen LogP contribution in [0.15, 0.2) is 43.0 Å². The van der Waals surface area contributed by atoms with E-state index in [0.29, 0.717) is 17.6 Å². The van der Waals surface area contributed by atoms with Crippen LogP contribution in [0.5, 0.6) is 5.75 Å². The van der Waals surface area contributed by atoms with Gasteiger partial charge in [-0.25, -0.2) is 13.9 Å². The first-order chi connectivity index (χ1) is 17.2. The van der Waals surface area contributed by atoms with Crippen LogP contribution in [0.3, 0.4) is 0 Å². The highest BCUT2D eigenvalue weighted by atomic mass is 19.1. The van der Waals surface area contributed by atoms with Crippen molar-refractivity contribution in [3.63, 3.8) is 0 Å².